The summed E-state index contributed by atoms with van der Waals surface area (Å²) in [6.07, 6.45) is 0. The average molecular weight is 253 g/mol. The zero-order chi connectivity index (χ0) is 13.2. The molecule has 0 aliphatic carbocycles. The Labute approximate surface area is 103 Å². The third-order valence-electron chi connectivity index (χ3n) is 2.88. The van der Waals surface area contributed by atoms with Gasteiger partial charge in [0.25, 0.3) is 0 Å². The van der Waals surface area contributed by atoms with Crippen molar-refractivity contribution >= 4 is 11.9 Å². The van der Waals surface area contributed by atoms with E-state index < -0.39 is 23.1 Å². The lowest BCUT2D eigenvalue weighted by atomic mass is 9.85. The number of carbonyl (C=O) groups is 2. The summed E-state index contributed by atoms with van der Waals surface area (Å²) in [5.74, 6) is -2.21. The van der Waals surface area contributed by atoms with E-state index in [2.05, 4.69) is 5.32 Å². The van der Waals surface area contributed by atoms with Gasteiger partial charge in [0.05, 0.1) is 13.2 Å². The Morgan fingerprint density at radius 3 is 2.67 bits per heavy atom. The fourth-order valence-electron chi connectivity index (χ4n) is 1.66. The summed E-state index contributed by atoms with van der Waals surface area (Å²) in [6, 6.07) is 5.75. The maximum Gasteiger partial charge on any atom is 0.324 e. The molecule has 18 heavy (non-hydrogen) atoms. The molecule has 0 unspecified atom stereocenters. The summed E-state index contributed by atoms with van der Waals surface area (Å²) in [5, 5.41) is 11.5. The van der Waals surface area contributed by atoms with Gasteiger partial charge in [0.1, 0.15) is 5.82 Å². The molecule has 0 bridgehead atoms. The number of carboxylic acid groups (broad SMARTS) is 1. The zero-order valence-corrected chi connectivity index (χ0v) is 9.48. The van der Waals surface area contributed by atoms with Crippen LogP contribution in [0.2, 0.25) is 0 Å². The van der Waals surface area contributed by atoms with Crippen LogP contribution in [0.3, 0.4) is 0 Å². The second kappa shape index (κ2) is 4.73. The van der Waals surface area contributed by atoms with E-state index in [9.17, 15) is 14.0 Å². The number of nitrogens with one attached hydrogen (secondary N) is 1. The molecule has 0 spiro atoms. The van der Waals surface area contributed by atoms with Crippen molar-refractivity contribution in [2.45, 2.75) is 6.54 Å². The van der Waals surface area contributed by atoms with Crippen LogP contribution in [0.1, 0.15) is 5.56 Å². The molecule has 0 saturated carbocycles. The van der Waals surface area contributed by atoms with Crippen molar-refractivity contribution in [1.29, 1.82) is 0 Å². The highest BCUT2D eigenvalue weighted by molar-refractivity contribution is 6.03. The zero-order valence-electron chi connectivity index (χ0n) is 9.48. The molecular weight excluding hydrogens is 241 g/mol. The number of aliphatic carboxylic acids is 1. The van der Waals surface area contributed by atoms with E-state index in [1.807, 2.05) is 0 Å². The first-order valence-corrected chi connectivity index (χ1v) is 5.38. The van der Waals surface area contributed by atoms with E-state index in [0.29, 0.717) is 5.56 Å². The maximum absolute atomic E-state index is 12.9. The molecule has 1 aliphatic heterocycles. The first-order chi connectivity index (χ1) is 8.54. The van der Waals surface area contributed by atoms with Gasteiger partial charge in [-0.25, -0.2) is 4.39 Å². The molecule has 5 nitrogen and oxygen atoms in total. The van der Waals surface area contributed by atoms with Crippen LogP contribution in [-0.4, -0.2) is 30.2 Å². The lowest BCUT2D eigenvalue weighted by Gasteiger charge is -2.35. The minimum Gasteiger partial charge on any atom is -0.480 e. The predicted octanol–water partition coefficient (Wildman–Crippen LogP) is 0.543. The number of benzene rings is 1. The lowest BCUT2D eigenvalue weighted by Crippen LogP contribution is -2.58. The molecule has 0 radical (unpaired) electrons. The topological polar surface area (TPSA) is 75.6 Å². The number of amides is 1. The van der Waals surface area contributed by atoms with E-state index in [1.165, 1.54) is 18.2 Å². The van der Waals surface area contributed by atoms with Gasteiger partial charge in [-0.05, 0) is 17.7 Å². The van der Waals surface area contributed by atoms with E-state index in [4.69, 9.17) is 9.84 Å². The normalized spacial score (nSPS) is 16.7. The monoisotopic (exact) mass is 253 g/mol. The lowest BCUT2D eigenvalue weighted by molar-refractivity contribution is -0.185. The quantitative estimate of drug-likeness (QED) is 0.768. The molecule has 1 heterocycles. The summed E-state index contributed by atoms with van der Waals surface area (Å²) in [7, 11) is 0. The Hall–Kier alpha value is -1.95. The van der Waals surface area contributed by atoms with E-state index in [-0.39, 0.29) is 19.8 Å². The Kier molecular flexibility index (Phi) is 3.29. The summed E-state index contributed by atoms with van der Waals surface area (Å²) >= 11 is 0. The summed E-state index contributed by atoms with van der Waals surface area (Å²) in [5.41, 5.74) is -0.919. The largest absolute Gasteiger partial charge is 0.480 e. The highest BCUT2D eigenvalue weighted by Crippen LogP contribution is 2.28. The number of rotatable bonds is 4. The van der Waals surface area contributed by atoms with Gasteiger partial charge in [0.15, 0.2) is 5.41 Å². The Balaban J connectivity index is 1.98. The fraction of sp³-hybridized carbons (Fsp3) is 0.333. The SMILES string of the molecule is O=C(O)C1(C(=O)NCc2cccc(F)c2)COC1. The highest BCUT2D eigenvalue weighted by Gasteiger charge is 2.53. The van der Waals surface area contributed by atoms with Crippen LogP contribution in [0.4, 0.5) is 4.39 Å². The molecule has 0 atom stereocenters. The molecule has 1 fully saturated rings. The van der Waals surface area contributed by atoms with E-state index >= 15 is 0 Å². The molecule has 2 rings (SSSR count). The smallest absolute Gasteiger partial charge is 0.324 e. The van der Waals surface area contributed by atoms with E-state index in [1.54, 1.807) is 6.07 Å². The Bertz CT molecular complexity index is 485. The number of halogens is 1. The van der Waals surface area contributed by atoms with Crippen molar-refractivity contribution in [3.8, 4) is 0 Å². The molecule has 1 saturated heterocycles. The number of carbonyl (C=O) groups excluding carboxylic acids is 1. The van der Waals surface area contributed by atoms with Crippen LogP contribution in [0.25, 0.3) is 0 Å². The molecule has 1 amide bonds. The van der Waals surface area contributed by atoms with Crippen molar-refractivity contribution in [2.24, 2.45) is 5.41 Å². The van der Waals surface area contributed by atoms with Crippen LogP contribution < -0.4 is 5.32 Å². The molecule has 1 aliphatic rings. The van der Waals surface area contributed by atoms with Gasteiger partial charge in [-0.15, -0.1) is 0 Å². The van der Waals surface area contributed by atoms with Gasteiger partial charge < -0.3 is 15.2 Å². The molecule has 96 valence electrons. The van der Waals surface area contributed by atoms with Gasteiger partial charge in [0, 0.05) is 6.54 Å². The number of ether oxygens (including phenoxy) is 1. The minimum absolute atomic E-state index is 0.0889. The first-order valence-electron chi connectivity index (χ1n) is 5.38. The Morgan fingerprint density at radius 2 is 2.17 bits per heavy atom. The molecule has 6 heteroatoms. The third-order valence-corrected chi connectivity index (χ3v) is 2.88. The van der Waals surface area contributed by atoms with Crippen LogP contribution in [-0.2, 0) is 20.9 Å². The van der Waals surface area contributed by atoms with Crippen molar-refractivity contribution in [3.05, 3.63) is 35.6 Å². The summed E-state index contributed by atoms with van der Waals surface area (Å²) < 4.78 is 17.7. The molecular formula is C12H12FNO4. The van der Waals surface area contributed by atoms with Crippen molar-refractivity contribution in [3.63, 3.8) is 0 Å². The van der Waals surface area contributed by atoms with Crippen molar-refractivity contribution in [2.75, 3.05) is 13.2 Å². The van der Waals surface area contributed by atoms with Crippen LogP contribution >= 0.6 is 0 Å². The highest BCUT2D eigenvalue weighted by atomic mass is 19.1. The number of hydrogen-bond acceptors (Lipinski definition) is 3. The third kappa shape index (κ3) is 2.19. The maximum atomic E-state index is 12.9. The second-order valence-electron chi connectivity index (χ2n) is 4.19. The number of carboxylic acids is 1. The van der Waals surface area contributed by atoms with Crippen molar-refractivity contribution in [1.82, 2.24) is 5.32 Å². The van der Waals surface area contributed by atoms with Gasteiger partial charge in [-0.2, -0.15) is 0 Å². The molecule has 0 aromatic heterocycles. The average Bonchev–Trinajstić information content (AvgIpc) is 2.24. The molecule has 1 aromatic carbocycles. The van der Waals surface area contributed by atoms with E-state index in [0.717, 1.165) is 0 Å². The second-order valence-corrected chi connectivity index (χ2v) is 4.19. The summed E-state index contributed by atoms with van der Waals surface area (Å²) in [4.78, 5) is 22.8. The van der Waals surface area contributed by atoms with Gasteiger partial charge in [-0.3, -0.25) is 9.59 Å². The van der Waals surface area contributed by atoms with Crippen LogP contribution in [0.15, 0.2) is 24.3 Å². The standard InChI is InChI=1S/C12H12FNO4/c13-9-3-1-2-8(4-9)5-14-10(15)12(11(16)17)6-18-7-12/h1-4H,5-7H2,(H,14,15)(H,16,17). The number of hydrogen-bond donors (Lipinski definition) is 2. The summed E-state index contributed by atoms with van der Waals surface area (Å²) in [6.45, 7) is -0.166. The fourth-order valence-corrected chi connectivity index (χ4v) is 1.66. The molecule has 1 aromatic rings. The predicted molar refractivity (Wildman–Crippen MR) is 59.1 cm³/mol. The van der Waals surface area contributed by atoms with Crippen molar-refractivity contribution < 1.29 is 23.8 Å². The van der Waals surface area contributed by atoms with Crippen LogP contribution in [0, 0.1) is 11.2 Å². The van der Waals surface area contributed by atoms with Gasteiger partial charge >= 0.3 is 5.97 Å². The van der Waals surface area contributed by atoms with Crippen LogP contribution in [0.5, 0.6) is 0 Å². The minimum atomic E-state index is -1.49. The van der Waals surface area contributed by atoms with Gasteiger partial charge in [0.2, 0.25) is 5.91 Å². The first kappa shape index (κ1) is 12.5. The Morgan fingerprint density at radius 1 is 1.44 bits per heavy atom. The van der Waals surface area contributed by atoms with Gasteiger partial charge in [-0.1, -0.05) is 12.1 Å². The molecule has 2 N–H and O–H groups in total.